The number of benzene rings is 2. The van der Waals surface area contributed by atoms with E-state index >= 15 is 0 Å². The molecule has 2 aromatic carbocycles. The number of carbonyl (C=O) groups is 1. The van der Waals surface area contributed by atoms with E-state index < -0.39 is 0 Å². The Morgan fingerprint density at radius 2 is 1.80 bits per heavy atom. The molecule has 3 rings (SSSR count). The average molecular weight is 375 g/mol. The second kappa shape index (κ2) is 8.09. The van der Waals surface area contributed by atoms with E-state index in [0.29, 0.717) is 34.6 Å². The molecule has 128 valence electrons. The Kier molecular flexibility index (Phi) is 5.63. The van der Waals surface area contributed by atoms with Gasteiger partial charge in [0.05, 0.1) is 9.93 Å². The Morgan fingerprint density at radius 3 is 2.48 bits per heavy atom. The standard InChI is InChI=1S/C18H15ClN2O3S/c19-14-3-1-2-4-15(14)24-10-9-23-13-7-5-12(6-8-13)11-16-17(22)21-18(20)25-16/h1-8,11H,9-10H2,(H2,20,21,22). The van der Waals surface area contributed by atoms with Crippen molar-refractivity contribution >= 4 is 40.5 Å². The van der Waals surface area contributed by atoms with Crippen molar-refractivity contribution in [3.63, 3.8) is 0 Å². The maximum Gasteiger partial charge on any atom is 0.264 e. The zero-order chi connectivity index (χ0) is 17.6. The first-order chi connectivity index (χ1) is 12.1. The van der Waals surface area contributed by atoms with Crippen LogP contribution < -0.4 is 14.8 Å². The Balaban J connectivity index is 1.50. The fourth-order valence-electron chi connectivity index (χ4n) is 2.13. The molecule has 1 aliphatic rings. The molecule has 0 bridgehead atoms. The summed E-state index contributed by atoms with van der Waals surface area (Å²) in [7, 11) is 0. The fraction of sp³-hybridized carbons (Fsp3) is 0.111. The number of para-hydroxylation sites is 1. The molecule has 1 fully saturated rings. The lowest BCUT2D eigenvalue weighted by molar-refractivity contribution is -0.115. The summed E-state index contributed by atoms with van der Waals surface area (Å²) >= 11 is 7.13. The first-order valence-corrected chi connectivity index (χ1v) is 8.71. The molecule has 0 aliphatic carbocycles. The number of carbonyl (C=O) groups excluding carboxylic acids is 1. The van der Waals surface area contributed by atoms with Crippen molar-refractivity contribution in [1.82, 2.24) is 5.32 Å². The van der Waals surface area contributed by atoms with E-state index in [4.69, 9.17) is 26.5 Å². The fourth-order valence-corrected chi connectivity index (χ4v) is 3.02. The molecule has 25 heavy (non-hydrogen) atoms. The third kappa shape index (κ3) is 4.78. The molecule has 1 amide bonds. The molecule has 0 radical (unpaired) electrons. The van der Waals surface area contributed by atoms with Crippen LogP contribution in [0.4, 0.5) is 0 Å². The molecule has 0 spiro atoms. The van der Waals surface area contributed by atoms with Crippen molar-refractivity contribution in [2.24, 2.45) is 0 Å². The summed E-state index contributed by atoms with van der Waals surface area (Å²) in [4.78, 5) is 12.1. The predicted molar refractivity (Wildman–Crippen MR) is 100 cm³/mol. The number of halogens is 1. The number of amidine groups is 1. The maximum atomic E-state index is 11.6. The molecule has 1 heterocycles. The molecule has 2 N–H and O–H groups in total. The second-order valence-corrected chi connectivity index (χ2v) is 6.55. The van der Waals surface area contributed by atoms with Gasteiger partial charge in [-0.1, -0.05) is 35.9 Å². The van der Waals surface area contributed by atoms with Crippen LogP contribution in [-0.4, -0.2) is 24.3 Å². The van der Waals surface area contributed by atoms with E-state index in [-0.39, 0.29) is 11.1 Å². The van der Waals surface area contributed by atoms with Gasteiger partial charge in [0.25, 0.3) is 5.91 Å². The number of nitrogens with one attached hydrogen (secondary N) is 2. The highest BCUT2D eigenvalue weighted by Crippen LogP contribution is 2.26. The second-order valence-electron chi connectivity index (χ2n) is 5.09. The van der Waals surface area contributed by atoms with Gasteiger partial charge in [-0.25, -0.2) is 0 Å². The zero-order valence-electron chi connectivity index (χ0n) is 13.1. The Hall–Kier alpha value is -2.44. The van der Waals surface area contributed by atoms with Crippen molar-refractivity contribution in [2.75, 3.05) is 13.2 Å². The summed E-state index contributed by atoms with van der Waals surface area (Å²) in [5, 5.41) is 10.6. The molecule has 2 aromatic rings. The largest absolute Gasteiger partial charge is 0.490 e. The number of amides is 1. The highest BCUT2D eigenvalue weighted by atomic mass is 35.5. The molecular formula is C18H15ClN2O3S. The normalized spacial score (nSPS) is 15.3. The van der Waals surface area contributed by atoms with Gasteiger partial charge in [0.2, 0.25) is 0 Å². The van der Waals surface area contributed by atoms with Gasteiger partial charge in [-0.05, 0) is 47.7 Å². The minimum absolute atomic E-state index is 0.148. The van der Waals surface area contributed by atoms with Crippen LogP contribution in [0.3, 0.4) is 0 Å². The van der Waals surface area contributed by atoms with Gasteiger partial charge in [-0.2, -0.15) is 0 Å². The molecular weight excluding hydrogens is 360 g/mol. The highest BCUT2D eigenvalue weighted by Gasteiger charge is 2.21. The number of rotatable bonds is 6. The summed E-state index contributed by atoms with van der Waals surface area (Å²) in [6.07, 6.45) is 1.74. The number of ether oxygens (including phenoxy) is 2. The highest BCUT2D eigenvalue weighted by molar-refractivity contribution is 8.18. The SMILES string of the molecule is N=C1NC(=O)C(=Cc2ccc(OCCOc3ccccc3Cl)cc2)S1. The van der Waals surface area contributed by atoms with Gasteiger partial charge in [-0.3, -0.25) is 10.2 Å². The molecule has 0 saturated carbocycles. The van der Waals surface area contributed by atoms with E-state index in [9.17, 15) is 4.79 Å². The van der Waals surface area contributed by atoms with E-state index in [1.807, 2.05) is 42.5 Å². The van der Waals surface area contributed by atoms with Crippen LogP contribution in [0.15, 0.2) is 53.4 Å². The Morgan fingerprint density at radius 1 is 1.08 bits per heavy atom. The molecule has 1 saturated heterocycles. The first-order valence-electron chi connectivity index (χ1n) is 7.51. The topological polar surface area (TPSA) is 71.4 Å². The van der Waals surface area contributed by atoms with Gasteiger partial charge in [-0.15, -0.1) is 0 Å². The molecule has 0 atom stereocenters. The van der Waals surface area contributed by atoms with Crippen molar-refractivity contribution in [3.8, 4) is 11.5 Å². The summed E-state index contributed by atoms with van der Waals surface area (Å²) in [6, 6.07) is 14.6. The summed E-state index contributed by atoms with van der Waals surface area (Å²) < 4.78 is 11.2. The minimum Gasteiger partial charge on any atom is -0.490 e. The molecule has 1 aliphatic heterocycles. The van der Waals surface area contributed by atoms with E-state index in [2.05, 4.69) is 5.32 Å². The molecule has 7 heteroatoms. The van der Waals surface area contributed by atoms with Crippen molar-refractivity contribution in [2.45, 2.75) is 0 Å². The van der Waals surface area contributed by atoms with Crippen LogP contribution in [0.1, 0.15) is 5.56 Å². The lowest BCUT2D eigenvalue weighted by atomic mass is 10.2. The van der Waals surface area contributed by atoms with Gasteiger partial charge in [0, 0.05) is 0 Å². The van der Waals surface area contributed by atoms with Crippen LogP contribution in [0.5, 0.6) is 11.5 Å². The number of thioether (sulfide) groups is 1. The summed E-state index contributed by atoms with van der Waals surface area (Å²) in [5.74, 6) is 1.10. The van der Waals surface area contributed by atoms with Crippen molar-refractivity contribution < 1.29 is 14.3 Å². The predicted octanol–water partition coefficient (Wildman–Crippen LogP) is 3.94. The Labute approximate surface area is 154 Å². The van der Waals surface area contributed by atoms with E-state index in [0.717, 1.165) is 17.3 Å². The third-order valence-electron chi connectivity index (χ3n) is 3.29. The van der Waals surface area contributed by atoms with E-state index in [1.165, 1.54) is 0 Å². The molecule has 0 aromatic heterocycles. The quantitative estimate of drug-likeness (QED) is 0.593. The van der Waals surface area contributed by atoms with Crippen molar-refractivity contribution in [3.05, 3.63) is 64.0 Å². The maximum absolute atomic E-state index is 11.6. The molecule has 5 nitrogen and oxygen atoms in total. The monoisotopic (exact) mass is 374 g/mol. The van der Waals surface area contributed by atoms with Crippen LogP contribution in [-0.2, 0) is 4.79 Å². The lowest BCUT2D eigenvalue weighted by Crippen LogP contribution is -2.18. The zero-order valence-corrected chi connectivity index (χ0v) is 14.7. The average Bonchev–Trinajstić information content (AvgIpc) is 2.92. The van der Waals surface area contributed by atoms with E-state index in [1.54, 1.807) is 12.1 Å². The first kappa shape index (κ1) is 17.4. The summed E-state index contributed by atoms with van der Waals surface area (Å²) in [5.41, 5.74) is 0.868. The number of hydrogen-bond acceptors (Lipinski definition) is 5. The lowest BCUT2D eigenvalue weighted by Gasteiger charge is -2.09. The van der Waals surface area contributed by atoms with Gasteiger partial charge in [0.1, 0.15) is 24.7 Å². The van der Waals surface area contributed by atoms with Gasteiger partial charge < -0.3 is 14.8 Å². The van der Waals surface area contributed by atoms with Gasteiger partial charge >= 0.3 is 0 Å². The van der Waals surface area contributed by atoms with Crippen molar-refractivity contribution in [1.29, 1.82) is 5.41 Å². The summed E-state index contributed by atoms with van der Waals surface area (Å²) in [6.45, 7) is 0.773. The minimum atomic E-state index is -0.243. The van der Waals surface area contributed by atoms with Gasteiger partial charge in [0.15, 0.2) is 5.17 Å². The van der Waals surface area contributed by atoms with Crippen LogP contribution in [0, 0.1) is 5.41 Å². The third-order valence-corrected chi connectivity index (χ3v) is 4.43. The van der Waals surface area contributed by atoms with Crippen LogP contribution in [0.25, 0.3) is 6.08 Å². The molecule has 0 unspecified atom stereocenters. The smallest absolute Gasteiger partial charge is 0.264 e. The Bertz CT molecular complexity index is 821. The number of hydrogen-bond donors (Lipinski definition) is 2. The van der Waals surface area contributed by atoms with Crippen LogP contribution in [0.2, 0.25) is 5.02 Å². The van der Waals surface area contributed by atoms with Crippen LogP contribution >= 0.6 is 23.4 Å².